The van der Waals surface area contributed by atoms with Crippen LogP contribution < -0.4 is 9.64 Å². The van der Waals surface area contributed by atoms with Gasteiger partial charge >= 0.3 is 0 Å². The van der Waals surface area contributed by atoms with E-state index in [9.17, 15) is 9.59 Å². The molecule has 3 aromatic heterocycles. The summed E-state index contributed by atoms with van der Waals surface area (Å²) in [4.78, 5) is 51.9. The van der Waals surface area contributed by atoms with Gasteiger partial charge in [0.1, 0.15) is 18.2 Å². The first-order valence-corrected chi connectivity index (χ1v) is 17.6. The molecule has 4 aromatic rings. The maximum absolute atomic E-state index is 14.0. The number of likely N-dealkylation sites (tertiary alicyclic amines) is 1. The summed E-state index contributed by atoms with van der Waals surface area (Å²) in [5.41, 5.74) is 6.46. The van der Waals surface area contributed by atoms with E-state index in [-0.39, 0.29) is 11.8 Å². The first-order chi connectivity index (χ1) is 24.4. The lowest BCUT2D eigenvalue weighted by Crippen LogP contribution is -2.43. The smallest absolute Gasteiger partial charge is 0.237 e. The monoisotopic (exact) mass is 669 g/mol. The number of nitrogens with zero attached hydrogens (tertiary/aromatic N) is 9. The van der Waals surface area contributed by atoms with Gasteiger partial charge in [0.2, 0.25) is 17.7 Å². The molecule has 1 aromatic carbocycles. The minimum Gasteiger partial charge on any atom is -0.474 e. The van der Waals surface area contributed by atoms with Gasteiger partial charge in [0.05, 0.1) is 29.9 Å². The number of ether oxygens (including phenoxy) is 1. The van der Waals surface area contributed by atoms with Crippen LogP contribution >= 0.6 is 0 Å². The Hall–Kier alpha value is -5.23. The van der Waals surface area contributed by atoms with Crippen LogP contribution in [0.4, 0.5) is 5.82 Å². The van der Waals surface area contributed by atoms with Crippen molar-refractivity contribution in [3.8, 4) is 17.3 Å². The van der Waals surface area contributed by atoms with Gasteiger partial charge in [-0.3, -0.25) is 29.1 Å². The van der Waals surface area contributed by atoms with Crippen molar-refractivity contribution < 1.29 is 14.3 Å². The van der Waals surface area contributed by atoms with Crippen LogP contribution in [0.5, 0.6) is 5.88 Å². The van der Waals surface area contributed by atoms with E-state index in [0.29, 0.717) is 62.9 Å². The number of aromatic nitrogens is 5. The van der Waals surface area contributed by atoms with Crippen LogP contribution in [0.3, 0.4) is 0 Å². The number of fused-ring (bicyclic) bond motifs is 1. The lowest BCUT2D eigenvalue weighted by atomic mass is 9.85. The molecule has 1 atom stereocenters. The van der Waals surface area contributed by atoms with Crippen LogP contribution in [-0.4, -0.2) is 97.4 Å². The highest BCUT2D eigenvalue weighted by atomic mass is 16.5. The van der Waals surface area contributed by atoms with E-state index in [1.807, 2.05) is 53.2 Å². The van der Waals surface area contributed by atoms with Gasteiger partial charge in [0.15, 0.2) is 5.82 Å². The average molecular weight is 670 g/mol. The second kappa shape index (κ2) is 12.3. The summed E-state index contributed by atoms with van der Waals surface area (Å²) in [5, 5.41) is 4.38. The zero-order valence-corrected chi connectivity index (χ0v) is 28.2. The van der Waals surface area contributed by atoms with E-state index >= 15 is 0 Å². The van der Waals surface area contributed by atoms with Crippen LogP contribution in [-0.2, 0) is 23.2 Å². The van der Waals surface area contributed by atoms with Crippen molar-refractivity contribution in [2.24, 2.45) is 17.5 Å². The number of anilines is 1. The lowest BCUT2D eigenvalue weighted by Gasteiger charge is -2.29. The van der Waals surface area contributed by atoms with Crippen molar-refractivity contribution in [3.63, 3.8) is 0 Å². The van der Waals surface area contributed by atoms with Gasteiger partial charge in [-0.25, -0.2) is 15.0 Å². The third kappa shape index (κ3) is 5.77. The Morgan fingerprint density at radius 1 is 0.960 bits per heavy atom. The van der Waals surface area contributed by atoms with Gasteiger partial charge < -0.3 is 9.64 Å². The van der Waals surface area contributed by atoms with E-state index in [0.717, 1.165) is 72.3 Å². The Labute approximate surface area is 290 Å². The van der Waals surface area contributed by atoms with Crippen molar-refractivity contribution in [2.75, 3.05) is 44.2 Å². The molecule has 1 spiro atoms. The second-order valence-electron chi connectivity index (χ2n) is 14.1. The molecule has 5 aliphatic rings. The molecule has 2 amide bonds. The number of pyridine rings is 2. The second-order valence-corrected chi connectivity index (χ2v) is 14.1. The van der Waals surface area contributed by atoms with Crippen molar-refractivity contribution in [1.82, 2.24) is 34.5 Å². The summed E-state index contributed by atoms with van der Waals surface area (Å²) in [6.07, 6.45) is 10.4. The highest BCUT2D eigenvalue weighted by molar-refractivity contribution is 6.14. The van der Waals surface area contributed by atoms with Crippen molar-refractivity contribution in [3.05, 3.63) is 89.5 Å². The van der Waals surface area contributed by atoms with Gasteiger partial charge in [-0.05, 0) is 61.9 Å². The Bertz CT molecular complexity index is 2030. The molecule has 12 heteroatoms. The van der Waals surface area contributed by atoms with Crippen molar-refractivity contribution in [2.45, 2.75) is 44.8 Å². The normalized spacial score (nSPS) is 21.9. The molecule has 12 nitrogen and oxygen atoms in total. The topological polar surface area (TPSA) is 122 Å². The number of amides is 2. The first kappa shape index (κ1) is 30.8. The van der Waals surface area contributed by atoms with E-state index < -0.39 is 5.41 Å². The molecule has 2 saturated heterocycles. The van der Waals surface area contributed by atoms with Crippen LogP contribution in [0.15, 0.2) is 72.1 Å². The predicted molar refractivity (Wildman–Crippen MR) is 188 cm³/mol. The van der Waals surface area contributed by atoms with E-state index in [1.54, 1.807) is 17.2 Å². The fourth-order valence-electron chi connectivity index (χ4n) is 7.64. The SMILES string of the molecule is Cn1cnc(-c2ccc(C3=CCN(C(=O)CN4CC[C@]5(CCN(c6ccc7c(n6)C(c6ccc(OC8CC8)nc6)=NC7)C5=O)C4)CC3)cc2)n1. The van der Waals surface area contributed by atoms with Crippen LogP contribution in [0, 0.1) is 5.41 Å². The highest BCUT2D eigenvalue weighted by Gasteiger charge is 2.51. The summed E-state index contributed by atoms with van der Waals surface area (Å²) in [7, 11) is 1.86. The molecular formula is C38H39N9O3. The third-order valence-electron chi connectivity index (χ3n) is 10.7. The fraction of sp³-hybridized carbons (Fsp3) is 0.395. The molecule has 1 aliphatic carbocycles. The van der Waals surface area contributed by atoms with Crippen LogP contribution in [0.25, 0.3) is 17.0 Å². The van der Waals surface area contributed by atoms with Crippen molar-refractivity contribution >= 4 is 28.9 Å². The summed E-state index contributed by atoms with van der Waals surface area (Å²) in [6, 6.07) is 16.2. The predicted octanol–water partition coefficient (Wildman–Crippen LogP) is 3.91. The Morgan fingerprint density at radius 3 is 2.52 bits per heavy atom. The van der Waals surface area contributed by atoms with E-state index in [2.05, 4.69) is 38.2 Å². The first-order valence-electron chi connectivity index (χ1n) is 17.6. The molecule has 1 saturated carbocycles. The summed E-state index contributed by atoms with van der Waals surface area (Å²) in [6.45, 7) is 4.12. The minimum absolute atomic E-state index is 0.107. The third-order valence-corrected chi connectivity index (χ3v) is 10.7. The van der Waals surface area contributed by atoms with E-state index in [4.69, 9.17) is 14.7 Å². The molecule has 0 N–H and O–H groups in total. The van der Waals surface area contributed by atoms with Crippen LogP contribution in [0.1, 0.15) is 54.5 Å². The van der Waals surface area contributed by atoms with Gasteiger partial charge in [-0.15, -0.1) is 0 Å². The molecule has 0 radical (unpaired) electrons. The summed E-state index contributed by atoms with van der Waals surface area (Å²) >= 11 is 0. The van der Waals surface area contributed by atoms with Gasteiger partial charge in [0, 0.05) is 62.2 Å². The van der Waals surface area contributed by atoms with Gasteiger partial charge in [0.25, 0.3) is 0 Å². The summed E-state index contributed by atoms with van der Waals surface area (Å²) < 4.78 is 7.51. The molecule has 4 aliphatic heterocycles. The average Bonchev–Trinajstić information content (AvgIpc) is 3.43. The number of aliphatic imine (C=N–C) groups is 1. The molecule has 50 heavy (non-hydrogen) atoms. The molecule has 7 heterocycles. The summed E-state index contributed by atoms with van der Waals surface area (Å²) in [5.74, 6) is 2.23. The zero-order valence-electron chi connectivity index (χ0n) is 28.2. The molecular weight excluding hydrogens is 630 g/mol. The molecule has 9 rings (SSSR count). The number of benzene rings is 1. The Kier molecular flexibility index (Phi) is 7.56. The highest BCUT2D eigenvalue weighted by Crippen LogP contribution is 2.42. The number of hydrogen-bond acceptors (Lipinski definition) is 9. The van der Waals surface area contributed by atoms with Crippen molar-refractivity contribution in [1.29, 1.82) is 0 Å². The number of rotatable bonds is 8. The number of hydrogen-bond donors (Lipinski definition) is 0. The van der Waals surface area contributed by atoms with Gasteiger partial charge in [-0.2, -0.15) is 5.10 Å². The minimum atomic E-state index is -0.481. The van der Waals surface area contributed by atoms with Gasteiger partial charge in [-0.1, -0.05) is 36.4 Å². The maximum Gasteiger partial charge on any atom is 0.237 e. The molecule has 254 valence electrons. The fourth-order valence-corrected chi connectivity index (χ4v) is 7.64. The number of carbonyl (C=O) groups excluding carboxylic acids is 2. The maximum atomic E-state index is 14.0. The Balaban J connectivity index is 0.811. The molecule has 3 fully saturated rings. The van der Waals surface area contributed by atoms with E-state index in [1.165, 1.54) is 5.57 Å². The lowest BCUT2D eigenvalue weighted by molar-refractivity contribution is -0.132. The number of carbonyl (C=O) groups is 2. The quantitative estimate of drug-likeness (QED) is 0.277. The Morgan fingerprint density at radius 2 is 1.78 bits per heavy atom. The molecule has 0 unspecified atom stereocenters. The largest absolute Gasteiger partial charge is 0.474 e. The zero-order chi connectivity index (χ0) is 33.8. The molecule has 0 bridgehead atoms. The number of aryl methyl sites for hydroxylation is 1. The van der Waals surface area contributed by atoms with Crippen LogP contribution in [0.2, 0.25) is 0 Å². The standard InChI is InChI=1S/C38H39N9O3/c1-44-24-41-36(43-44)27-4-2-25(3-5-27)26-12-16-46(17-13-26)33(48)22-45-18-14-38(23-45)15-19-47(37(38)49)31-10-6-29-21-40-34(35(29)42-31)28-7-11-32(39-20-28)50-30-8-9-30/h2-7,10-12,20,24,30H,8-9,13-19,21-23H2,1H3/t38-/m0/s1.